The van der Waals surface area contributed by atoms with Gasteiger partial charge in [0.05, 0.1) is 6.61 Å². The van der Waals surface area contributed by atoms with Gasteiger partial charge in [0, 0.05) is 26.1 Å². The number of hydrogen-bond donors (Lipinski definition) is 1. The molecule has 0 radical (unpaired) electrons. The van der Waals surface area contributed by atoms with Gasteiger partial charge in [-0.05, 0) is 25.1 Å². The summed E-state index contributed by atoms with van der Waals surface area (Å²) >= 11 is 3.24. The highest BCUT2D eigenvalue weighted by Gasteiger charge is 2.27. The summed E-state index contributed by atoms with van der Waals surface area (Å²) in [5, 5.41) is 0.340. The Kier molecular flexibility index (Phi) is 3.89. The third kappa shape index (κ3) is 2.77. The first-order valence-corrected chi connectivity index (χ1v) is 8.38. The van der Waals surface area contributed by atoms with Crippen molar-refractivity contribution in [3.8, 4) is 0 Å². The Morgan fingerprint density at radius 3 is 2.74 bits per heavy atom. The maximum atomic E-state index is 11.8. The van der Waals surface area contributed by atoms with Crippen molar-refractivity contribution in [1.29, 1.82) is 0 Å². The lowest BCUT2D eigenvalue weighted by Crippen LogP contribution is -2.09. The number of carbonyl (C=O) groups excluding carboxylic acids is 1. The van der Waals surface area contributed by atoms with Gasteiger partial charge in [-0.1, -0.05) is 15.9 Å². The third-order valence-electron chi connectivity index (χ3n) is 2.44. The number of hydrogen-bond acceptors (Lipinski definition) is 4. The fourth-order valence-corrected chi connectivity index (χ4v) is 3.39. The lowest BCUT2D eigenvalue weighted by molar-refractivity contribution is 0.0516. The van der Waals surface area contributed by atoms with Crippen LogP contribution < -0.4 is 0 Å². The van der Waals surface area contributed by atoms with E-state index in [1.54, 1.807) is 25.1 Å². The fraction of sp³-hybridized carbons (Fsp3) is 0.182. The Hall–Kier alpha value is -1.05. The van der Waals surface area contributed by atoms with Crippen LogP contribution in [0.15, 0.2) is 27.6 Å². The van der Waals surface area contributed by atoms with Crippen molar-refractivity contribution in [2.45, 2.75) is 11.8 Å². The molecule has 0 aliphatic rings. The van der Waals surface area contributed by atoms with Gasteiger partial charge in [0.2, 0.25) is 0 Å². The van der Waals surface area contributed by atoms with Crippen LogP contribution in [0.3, 0.4) is 0 Å². The summed E-state index contributed by atoms with van der Waals surface area (Å²) in [5.74, 6) is -0.756. The second-order valence-electron chi connectivity index (χ2n) is 3.68. The minimum atomic E-state index is -4.08. The molecule has 0 spiro atoms. The van der Waals surface area contributed by atoms with Gasteiger partial charge in [0.1, 0.15) is 10.6 Å². The first-order chi connectivity index (χ1) is 8.84. The molecular weight excluding hydrogens is 358 g/mol. The Bertz CT molecular complexity index is 753. The maximum Gasteiger partial charge on any atom is 0.356 e. The molecule has 1 N–H and O–H groups in total. The fourth-order valence-electron chi connectivity index (χ4n) is 1.74. The second kappa shape index (κ2) is 5.15. The Balaban J connectivity index is 2.80. The van der Waals surface area contributed by atoms with E-state index in [0.29, 0.717) is 15.4 Å². The van der Waals surface area contributed by atoms with Crippen molar-refractivity contribution >= 4 is 52.5 Å². The van der Waals surface area contributed by atoms with E-state index in [0.717, 1.165) is 0 Å². The van der Waals surface area contributed by atoms with Crippen molar-refractivity contribution in [1.82, 2.24) is 4.98 Å². The van der Waals surface area contributed by atoms with Crippen LogP contribution in [0.25, 0.3) is 10.9 Å². The van der Waals surface area contributed by atoms with Gasteiger partial charge in [0.25, 0.3) is 9.05 Å². The van der Waals surface area contributed by atoms with Gasteiger partial charge in [-0.3, -0.25) is 0 Å². The molecule has 1 aromatic heterocycles. The van der Waals surface area contributed by atoms with E-state index in [4.69, 9.17) is 15.4 Å². The van der Waals surface area contributed by atoms with E-state index >= 15 is 0 Å². The molecule has 8 heteroatoms. The first-order valence-electron chi connectivity index (χ1n) is 5.27. The van der Waals surface area contributed by atoms with E-state index in [9.17, 15) is 13.2 Å². The van der Waals surface area contributed by atoms with Crippen molar-refractivity contribution in [2.75, 3.05) is 6.61 Å². The van der Waals surface area contributed by atoms with Crippen LogP contribution in [-0.4, -0.2) is 26.0 Å². The van der Waals surface area contributed by atoms with Crippen molar-refractivity contribution in [3.63, 3.8) is 0 Å². The molecule has 102 valence electrons. The zero-order chi connectivity index (χ0) is 14.2. The number of H-pyrrole nitrogens is 1. The van der Waals surface area contributed by atoms with Gasteiger partial charge in [-0.25, -0.2) is 13.2 Å². The minimum absolute atomic E-state index is 0.139. The van der Waals surface area contributed by atoms with Crippen LogP contribution in [0.1, 0.15) is 17.4 Å². The number of aromatic amines is 1. The van der Waals surface area contributed by atoms with E-state index < -0.39 is 15.0 Å². The number of esters is 1. The molecule has 0 amide bonds. The number of aromatic nitrogens is 1. The van der Waals surface area contributed by atoms with Crippen molar-refractivity contribution in [3.05, 3.63) is 28.4 Å². The highest BCUT2D eigenvalue weighted by molar-refractivity contribution is 9.10. The van der Waals surface area contributed by atoms with Gasteiger partial charge in [-0.15, -0.1) is 0 Å². The molecule has 0 unspecified atom stereocenters. The predicted molar refractivity (Wildman–Crippen MR) is 75.0 cm³/mol. The highest BCUT2D eigenvalue weighted by Crippen LogP contribution is 2.32. The van der Waals surface area contributed by atoms with Gasteiger partial charge >= 0.3 is 5.97 Å². The molecule has 1 heterocycles. The summed E-state index contributed by atoms with van der Waals surface area (Å²) < 4.78 is 28.8. The maximum absolute atomic E-state index is 11.8. The molecule has 0 saturated heterocycles. The van der Waals surface area contributed by atoms with E-state index in [1.807, 2.05) is 0 Å². The standard InChI is InChI=1S/C11H9BrClNO4S/c1-2-18-11(15)9-10(19(13,16)17)7-5-6(12)3-4-8(7)14-9/h3-5,14H,2H2,1H3. The summed E-state index contributed by atoms with van der Waals surface area (Å²) in [6.07, 6.45) is 0. The Morgan fingerprint density at radius 2 is 2.16 bits per heavy atom. The number of carbonyl (C=O) groups is 1. The summed E-state index contributed by atoms with van der Waals surface area (Å²) in [5.41, 5.74) is 0.329. The average molecular weight is 367 g/mol. The van der Waals surface area contributed by atoms with Crippen LogP contribution in [0.4, 0.5) is 0 Å². The normalized spacial score (nSPS) is 11.7. The van der Waals surface area contributed by atoms with E-state index in [1.165, 1.54) is 0 Å². The van der Waals surface area contributed by atoms with Crippen LogP contribution in [0, 0.1) is 0 Å². The van der Waals surface area contributed by atoms with Gasteiger partial charge in [-0.2, -0.15) is 0 Å². The van der Waals surface area contributed by atoms with Crippen molar-refractivity contribution in [2.24, 2.45) is 0 Å². The number of rotatable bonds is 3. The molecule has 0 saturated carbocycles. The van der Waals surface area contributed by atoms with Gasteiger partial charge in [0.15, 0.2) is 0 Å². The summed E-state index contributed by atoms with van der Waals surface area (Å²) in [7, 11) is 1.33. The SMILES string of the molecule is CCOC(=O)c1[nH]c2ccc(Br)cc2c1S(=O)(=O)Cl. The molecule has 0 fully saturated rings. The highest BCUT2D eigenvalue weighted by atomic mass is 79.9. The third-order valence-corrected chi connectivity index (χ3v) is 4.30. The minimum Gasteiger partial charge on any atom is -0.461 e. The van der Waals surface area contributed by atoms with Crippen LogP contribution in [0.2, 0.25) is 0 Å². The topological polar surface area (TPSA) is 76.2 Å². The lowest BCUT2D eigenvalue weighted by atomic mass is 10.2. The van der Waals surface area contributed by atoms with E-state index in [-0.39, 0.29) is 17.2 Å². The quantitative estimate of drug-likeness (QED) is 0.669. The molecule has 2 rings (SSSR count). The molecule has 0 atom stereocenters. The average Bonchev–Trinajstić information content (AvgIpc) is 2.67. The molecule has 0 bridgehead atoms. The Morgan fingerprint density at radius 1 is 1.47 bits per heavy atom. The van der Waals surface area contributed by atoms with Crippen LogP contribution >= 0.6 is 26.6 Å². The van der Waals surface area contributed by atoms with Crippen LogP contribution in [0.5, 0.6) is 0 Å². The second-order valence-corrected chi connectivity index (χ2v) is 7.10. The first kappa shape index (κ1) is 14.4. The number of ether oxygens (including phenoxy) is 1. The lowest BCUT2D eigenvalue weighted by Gasteiger charge is -2.01. The molecule has 1 aromatic carbocycles. The summed E-state index contributed by atoms with van der Waals surface area (Å²) in [6, 6.07) is 4.94. The van der Waals surface area contributed by atoms with Gasteiger partial charge < -0.3 is 9.72 Å². The molecule has 0 aliphatic heterocycles. The monoisotopic (exact) mass is 365 g/mol. The molecule has 0 aliphatic carbocycles. The Labute approximate surface area is 122 Å². The zero-order valence-electron chi connectivity index (χ0n) is 9.74. The number of nitrogens with one attached hydrogen (secondary N) is 1. The molecule has 19 heavy (non-hydrogen) atoms. The van der Waals surface area contributed by atoms with E-state index in [2.05, 4.69) is 20.9 Å². The largest absolute Gasteiger partial charge is 0.461 e. The smallest absolute Gasteiger partial charge is 0.356 e. The summed E-state index contributed by atoms with van der Waals surface area (Å²) in [4.78, 5) is 14.2. The predicted octanol–water partition coefficient (Wildman–Crippen LogP) is 3.03. The number of benzene rings is 1. The number of halogens is 2. The zero-order valence-corrected chi connectivity index (χ0v) is 12.9. The molecular formula is C11H9BrClNO4S. The van der Waals surface area contributed by atoms with Crippen LogP contribution in [-0.2, 0) is 13.8 Å². The molecule has 2 aromatic rings. The van der Waals surface area contributed by atoms with Crippen molar-refractivity contribution < 1.29 is 17.9 Å². The summed E-state index contributed by atoms with van der Waals surface area (Å²) in [6.45, 7) is 1.77. The molecule has 5 nitrogen and oxygen atoms in total. The number of fused-ring (bicyclic) bond motifs is 1.